The summed E-state index contributed by atoms with van der Waals surface area (Å²) in [5, 5.41) is 20.6. The van der Waals surface area contributed by atoms with Crippen molar-refractivity contribution in [2.75, 3.05) is 68.9 Å². The molecule has 3 N–H and O–H groups in total. The molecule has 5 rings (SSSR count). The Morgan fingerprint density at radius 3 is 2.16 bits per heavy atom. The van der Waals surface area contributed by atoms with E-state index in [-0.39, 0.29) is 65.1 Å². The highest BCUT2D eigenvalue weighted by Gasteiger charge is 2.45. The Kier molecular flexibility index (Phi) is 29.4. The lowest BCUT2D eigenvalue weighted by atomic mass is 10.0. The summed E-state index contributed by atoms with van der Waals surface area (Å²) in [4.78, 5) is 63.9. The Morgan fingerprint density at radius 2 is 1.68 bits per heavy atom. The number of carbonyl (C=O) groups excluding carboxylic acids is 2. The predicted molar refractivity (Wildman–Crippen MR) is 275 cm³/mol. The fourth-order valence-corrected chi connectivity index (χ4v) is 7.00. The van der Waals surface area contributed by atoms with Gasteiger partial charge in [-0.3, -0.25) is 34.7 Å². The van der Waals surface area contributed by atoms with Gasteiger partial charge < -0.3 is 47.7 Å². The van der Waals surface area contributed by atoms with Crippen molar-refractivity contribution in [1.29, 1.82) is 0 Å². The molecule has 408 valence electrons. The minimum atomic E-state index is -4.52. The molecule has 73 heavy (non-hydrogen) atoms. The molecule has 1 saturated heterocycles. The standard InChI is InChI=1S/C15H11ClF3NO4.C14H20ClNO2.C11H13Cl2NO3.C3H8NO5P.C3H9S/c1-2-23-14-8-10(4-5-12(14)20(21)22)24-13-6-3-9(7-11(13)16)15(17,18)19;1-4-12-8-6-7-11(3)14(12)16(10-18-5-2)13(17)9-15;1-11(2)14(10(15)9(12)13)6-8(17-11)7-4-3-5-16-7;5-3(6)1-4-2-10(7,8)9;1-4(2)3/h3-8H,2H2,1H3;6-8H,4-5,9-10H2,1-3H3;3-5,8-9H,6H2,1-2H3;4H,1-2H2,(H,5,6)(H2,7,8,9);1-3H3/q;;;;+1/p-1. The largest absolute Gasteiger partial charge is 0.778 e. The third-order valence-electron chi connectivity index (χ3n) is 9.06. The first-order valence-electron chi connectivity index (χ1n) is 21.7. The summed E-state index contributed by atoms with van der Waals surface area (Å²) in [5.74, 6) is -0.886. The second kappa shape index (κ2) is 32.2. The van der Waals surface area contributed by atoms with E-state index in [1.54, 1.807) is 38.0 Å². The van der Waals surface area contributed by atoms with Gasteiger partial charge in [-0.15, -0.1) is 11.6 Å². The van der Waals surface area contributed by atoms with E-state index < -0.39 is 53.6 Å². The van der Waals surface area contributed by atoms with Crippen molar-refractivity contribution in [3.05, 3.63) is 111 Å². The quantitative estimate of drug-likeness (QED) is 0.0222. The van der Waals surface area contributed by atoms with Crippen molar-refractivity contribution in [2.45, 2.75) is 70.8 Å². The Labute approximate surface area is 444 Å². The molecule has 3 aromatic carbocycles. The maximum absolute atomic E-state index is 12.6. The maximum Gasteiger partial charge on any atom is 0.416 e. The van der Waals surface area contributed by atoms with Crippen LogP contribution < -0.4 is 24.6 Å². The molecule has 0 radical (unpaired) electrons. The first-order valence-corrected chi connectivity index (χ1v) is 27.7. The summed E-state index contributed by atoms with van der Waals surface area (Å²) in [6, 6.07) is 16.0. The second-order valence-corrected chi connectivity index (χ2v) is 21.5. The number of nitro groups is 1. The summed E-state index contributed by atoms with van der Waals surface area (Å²) < 4.78 is 74.7. The zero-order valence-corrected chi connectivity index (χ0v) is 46.1. The lowest BCUT2D eigenvalue weighted by Gasteiger charge is -2.29. The van der Waals surface area contributed by atoms with Crippen molar-refractivity contribution in [2.24, 2.45) is 0 Å². The lowest BCUT2D eigenvalue weighted by molar-refractivity contribution is -0.385. The molecule has 0 spiro atoms. The van der Waals surface area contributed by atoms with Crippen LogP contribution in [-0.2, 0) is 51.9 Å². The Bertz CT molecular complexity index is 2420. The van der Waals surface area contributed by atoms with E-state index >= 15 is 0 Å². The number of furan rings is 1. The van der Waals surface area contributed by atoms with E-state index in [9.17, 15) is 47.1 Å². The van der Waals surface area contributed by atoms with Crippen molar-refractivity contribution in [1.82, 2.24) is 10.2 Å². The Balaban J connectivity index is 0.000000491. The highest BCUT2D eigenvalue weighted by atomic mass is 35.5. The molecule has 2 heterocycles. The van der Waals surface area contributed by atoms with Gasteiger partial charge in [-0.1, -0.05) is 59.9 Å². The number of hydrogen-bond donors (Lipinski definition) is 3. The number of rotatable bonds is 17. The topological polar surface area (TPSA) is 244 Å². The first kappa shape index (κ1) is 66.7. The van der Waals surface area contributed by atoms with Gasteiger partial charge in [-0.2, -0.15) is 13.2 Å². The van der Waals surface area contributed by atoms with Gasteiger partial charge in [0.15, 0.2) is 4.84 Å². The molecule has 1 aliphatic heterocycles. The van der Waals surface area contributed by atoms with Gasteiger partial charge in [-0.25, -0.2) is 0 Å². The molecule has 0 aliphatic carbocycles. The first-order chi connectivity index (χ1) is 33.9. The fourth-order valence-electron chi connectivity index (χ4n) is 6.01. The third-order valence-corrected chi connectivity index (χ3v) is 10.6. The van der Waals surface area contributed by atoms with Crippen LogP contribution in [0.1, 0.15) is 63.2 Å². The van der Waals surface area contributed by atoms with Crippen LogP contribution in [0.5, 0.6) is 17.2 Å². The summed E-state index contributed by atoms with van der Waals surface area (Å²) in [6.45, 7) is 12.1. The zero-order chi connectivity index (χ0) is 55.9. The molecular formula is C46H60Cl4F3N4O14PS. The summed E-state index contributed by atoms with van der Waals surface area (Å²) in [7, 11) is -3.71. The molecular weight excluding hydrogens is 1090 g/mol. The normalized spacial score (nSPS) is 14.4. The number of benzene rings is 3. The lowest BCUT2D eigenvalue weighted by Crippen LogP contribution is -2.45. The van der Waals surface area contributed by atoms with Gasteiger partial charge in [-0.05, 0) is 99.5 Å². The van der Waals surface area contributed by atoms with Gasteiger partial charge in [0.1, 0.15) is 49.3 Å². The van der Waals surface area contributed by atoms with E-state index in [0.29, 0.717) is 29.8 Å². The predicted octanol–water partition coefficient (Wildman–Crippen LogP) is 9.96. The van der Waals surface area contributed by atoms with Crippen LogP contribution >= 0.6 is 54.0 Å². The average Bonchev–Trinajstić information content (AvgIpc) is 3.94. The Hall–Kier alpha value is -4.32. The maximum atomic E-state index is 12.6. The van der Waals surface area contributed by atoms with Crippen LogP contribution in [-0.4, -0.2) is 112 Å². The highest BCUT2D eigenvalue weighted by Crippen LogP contribution is 2.39. The monoisotopic (exact) mass is 1150 g/mol. The van der Waals surface area contributed by atoms with E-state index in [4.69, 9.17) is 79.8 Å². The van der Waals surface area contributed by atoms with Crippen molar-refractivity contribution >= 4 is 94.1 Å². The molecule has 0 bridgehead atoms. The number of ether oxygens (including phenoxy) is 4. The van der Waals surface area contributed by atoms with Crippen LogP contribution in [0.2, 0.25) is 5.02 Å². The van der Waals surface area contributed by atoms with Crippen LogP contribution in [0.15, 0.2) is 77.4 Å². The van der Waals surface area contributed by atoms with Crippen LogP contribution in [0.3, 0.4) is 0 Å². The number of carboxylic acids is 1. The average molecular weight is 1150 g/mol. The van der Waals surface area contributed by atoms with E-state index in [1.165, 1.54) is 23.1 Å². The molecule has 1 fully saturated rings. The fraction of sp³-hybridized carbons (Fsp3) is 0.457. The smallest absolute Gasteiger partial charge is 0.416 e. The Morgan fingerprint density at radius 1 is 1.04 bits per heavy atom. The molecule has 1 aromatic heterocycles. The molecule has 4 aromatic rings. The van der Waals surface area contributed by atoms with Gasteiger partial charge >= 0.3 is 17.8 Å². The number of hydrogen-bond acceptors (Lipinski definition) is 13. The SMILES string of the molecule is CC1(C)OC(c2ccco2)CN1C(=O)C(Cl)Cl.CCOCN(C(=O)CCl)c1c(C)cccc1CC.CCOc1cc(Oc2ccc(C(F)(F)F)cc2Cl)ccc1[N+](=O)[O-].C[S+](C)C.O=C(O)CNCP(=O)([O-])O. The zero-order valence-electron chi connectivity index (χ0n) is 41.4. The number of para-hydroxylation sites is 1. The van der Waals surface area contributed by atoms with Crippen LogP contribution in [0.4, 0.5) is 24.5 Å². The van der Waals surface area contributed by atoms with Crippen molar-refractivity contribution < 1.29 is 75.3 Å². The molecule has 18 nitrogen and oxygen atoms in total. The molecule has 0 saturated carbocycles. The minimum absolute atomic E-state index is 0.0111. The number of halogens is 7. The van der Waals surface area contributed by atoms with E-state index in [0.717, 1.165) is 41.4 Å². The molecule has 2 atom stereocenters. The molecule has 2 unspecified atom stereocenters. The van der Waals surface area contributed by atoms with Gasteiger partial charge in [0, 0.05) is 18.7 Å². The number of alkyl halides is 6. The number of nitrogens with one attached hydrogen (secondary N) is 1. The number of aliphatic carboxylic acids is 1. The van der Waals surface area contributed by atoms with E-state index in [2.05, 4.69) is 25.7 Å². The number of nitro benzene ring substituents is 1. The van der Waals surface area contributed by atoms with Gasteiger partial charge in [0.05, 0.1) is 72.2 Å². The number of aryl methyl sites for hydroxylation is 2. The van der Waals surface area contributed by atoms with Crippen molar-refractivity contribution in [3.63, 3.8) is 0 Å². The number of amides is 2. The second-order valence-electron chi connectivity index (χ2n) is 15.7. The summed E-state index contributed by atoms with van der Waals surface area (Å²) >= 11 is 22.7. The number of nitrogens with zero attached hydrogens (tertiary/aromatic N) is 3. The van der Waals surface area contributed by atoms with Crippen LogP contribution in [0.25, 0.3) is 0 Å². The van der Waals surface area contributed by atoms with Gasteiger partial charge in [0.2, 0.25) is 11.7 Å². The van der Waals surface area contributed by atoms with Crippen molar-refractivity contribution in [3.8, 4) is 17.2 Å². The third kappa shape index (κ3) is 24.3. The van der Waals surface area contributed by atoms with E-state index in [1.807, 2.05) is 43.4 Å². The summed E-state index contributed by atoms with van der Waals surface area (Å²) in [6.07, 6.45) is 3.52. The number of carboxylic acid groups (broad SMARTS) is 1. The summed E-state index contributed by atoms with van der Waals surface area (Å²) in [5.41, 5.74) is 1.23. The number of carbonyl (C=O) groups is 3. The highest BCUT2D eigenvalue weighted by molar-refractivity contribution is 7.94. The van der Waals surface area contributed by atoms with Gasteiger partial charge in [0.25, 0.3) is 5.91 Å². The molecule has 2 amide bonds. The minimum Gasteiger partial charge on any atom is -0.778 e. The molecule has 1 aliphatic rings. The molecule has 27 heteroatoms. The van der Waals surface area contributed by atoms with Crippen LogP contribution in [0, 0.1) is 17.0 Å². The number of anilines is 1.